The summed E-state index contributed by atoms with van der Waals surface area (Å²) in [6, 6.07) is 2.17. The summed E-state index contributed by atoms with van der Waals surface area (Å²) >= 11 is 1.83. The molecule has 1 unspecified atom stereocenters. The van der Waals surface area contributed by atoms with E-state index in [0.29, 0.717) is 6.61 Å². The molecular weight excluding hydrogens is 246 g/mol. The van der Waals surface area contributed by atoms with Gasteiger partial charge in [0.25, 0.3) is 0 Å². The first-order valence-corrected chi connectivity index (χ1v) is 7.61. The zero-order chi connectivity index (χ0) is 13.0. The highest BCUT2D eigenvalue weighted by Gasteiger charge is 2.29. The minimum atomic E-state index is -0.00222. The summed E-state index contributed by atoms with van der Waals surface area (Å²) < 4.78 is 5.14. The predicted octanol–water partition coefficient (Wildman–Crippen LogP) is 1.41. The van der Waals surface area contributed by atoms with E-state index in [1.807, 2.05) is 18.3 Å². The van der Waals surface area contributed by atoms with Crippen LogP contribution in [-0.4, -0.2) is 25.7 Å². The number of hydrogen-bond acceptors (Lipinski definition) is 3. The van der Waals surface area contributed by atoms with Crippen LogP contribution in [0.2, 0.25) is 0 Å². The van der Waals surface area contributed by atoms with Crippen molar-refractivity contribution >= 4 is 17.3 Å². The van der Waals surface area contributed by atoms with Crippen LogP contribution < -0.4 is 4.90 Å². The van der Waals surface area contributed by atoms with Crippen molar-refractivity contribution < 1.29 is 14.4 Å². The zero-order valence-electron chi connectivity index (χ0n) is 11.2. The highest BCUT2D eigenvalue weighted by molar-refractivity contribution is 7.10. The Morgan fingerprint density at radius 3 is 3.11 bits per heavy atom. The normalized spacial score (nSPS) is 23.9. The summed E-state index contributed by atoms with van der Waals surface area (Å²) in [4.78, 5) is 14.8. The summed E-state index contributed by atoms with van der Waals surface area (Å²) in [6.45, 7) is 7.69. The van der Waals surface area contributed by atoms with E-state index >= 15 is 0 Å². The molecule has 0 aliphatic carbocycles. The third-order valence-corrected chi connectivity index (χ3v) is 4.64. The molecule has 0 spiro atoms. The first kappa shape index (κ1) is 13.6. The standard InChI is InChI=1S/C14H21NO2S/c1-3-17-14(16)12-5-4-7-15(9-12)10-13-11(2)6-8-18-13/h6,8,12H,3-5,7,9-10H2,1-2H3/p+1/t12-/m0/s1. The zero-order valence-corrected chi connectivity index (χ0v) is 12.0. The average Bonchev–Trinajstić information content (AvgIpc) is 2.76. The van der Waals surface area contributed by atoms with Gasteiger partial charge in [-0.05, 0) is 43.7 Å². The fraction of sp³-hybridized carbons (Fsp3) is 0.643. The van der Waals surface area contributed by atoms with Gasteiger partial charge in [0.2, 0.25) is 0 Å². The van der Waals surface area contributed by atoms with Crippen LogP contribution in [-0.2, 0) is 16.1 Å². The molecule has 1 saturated heterocycles. The Balaban J connectivity index is 1.91. The number of piperidine rings is 1. The Morgan fingerprint density at radius 1 is 1.61 bits per heavy atom. The van der Waals surface area contributed by atoms with Gasteiger partial charge in [-0.15, -0.1) is 11.3 Å². The molecule has 1 aromatic heterocycles. The number of likely N-dealkylation sites (tertiary alicyclic amines) is 1. The second kappa shape index (κ2) is 6.34. The minimum Gasteiger partial charge on any atom is -0.466 e. The van der Waals surface area contributed by atoms with Crippen LogP contribution in [0.3, 0.4) is 0 Å². The number of ether oxygens (including phenoxy) is 1. The smallest absolute Gasteiger partial charge is 0.314 e. The Hall–Kier alpha value is -0.870. The highest BCUT2D eigenvalue weighted by Crippen LogP contribution is 2.15. The third kappa shape index (κ3) is 3.33. The topological polar surface area (TPSA) is 30.7 Å². The monoisotopic (exact) mass is 268 g/mol. The Morgan fingerprint density at radius 2 is 2.44 bits per heavy atom. The second-order valence-corrected chi connectivity index (χ2v) is 6.00. The van der Waals surface area contributed by atoms with Crippen LogP contribution in [0.4, 0.5) is 0 Å². The number of hydrogen-bond donors (Lipinski definition) is 1. The summed E-state index contributed by atoms with van der Waals surface area (Å²) in [7, 11) is 0. The van der Waals surface area contributed by atoms with E-state index in [4.69, 9.17) is 4.74 Å². The van der Waals surface area contributed by atoms with E-state index in [2.05, 4.69) is 18.4 Å². The minimum absolute atomic E-state index is 0.00222. The molecule has 0 amide bonds. The number of thiophene rings is 1. The summed E-state index contributed by atoms with van der Waals surface area (Å²) in [5.74, 6) is 0.103. The van der Waals surface area contributed by atoms with E-state index < -0.39 is 0 Å². The lowest BCUT2D eigenvalue weighted by molar-refractivity contribution is -0.920. The molecule has 3 nitrogen and oxygen atoms in total. The van der Waals surface area contributed by atoms with Gasteiger partial charge >= 0.3 is 5.97 Å². The van der Waals surface area contributed by atoms with Crippen molar-refractivity contribution in [3.05, 3.63) is 21.9 Å². The first-order chi connectivity index (χ1) is 8.70. The first-order valence-electron chi connectivity index (χ1n) is 6.74. The van der Waals surface area contributed by atoms with Crippen LogP contribution >= 0.6 is 11.3 Å². The molecule has 1 N–H and O–H groups in total. The summed E-state index contributed by atoms with van der Waals surface area (Å²) in [5, 5.41) is 2.15. The van der Waals surface area contributed by atoms with Gasteiger partial charge in [0.1, 0.15) is 12.5 Å². The molecule has 0 saturated carbocycles. The van der Waals surface area contributed by atoms with E-state index in [0.717, 1.165) is 25.9 Å². The van der Waals surface area contributed by atoms with Gasteiger partial charge < -0.3 is 9.64 Å². The number of carbonyl (C=O) groups is 1. The van der Waals surface area contributed by atoms with E-state index in [-0.39, 0.29) is 11.9 Å². The molecule has 2 heterocycles. The third-order valence-electron chi connectivity index (χ3n) is 3.62. The van der Waals surface area contributed by atoms with Crippen molar-refractivity contribution in [2.75, 3.05) is 19.7 Å². The Bertz CT molecular complexity index is 402. The van der Waals surface area contributed by atoms with E-state index in [1.165, 1.54) is 21.9 Å². The largest absolute Gasteiger partial charge is 0.466 e. The van der Waals surface area contributed by atoms with Gasteiger partial charge in [-0.3, -0.25) is 4.79 Å². The lowest BCUT2D eigenvalue weighted by Gasteiger charge is -2.28. The fourth-order valence-corrected chi connectivity index (χ4v) is 3.56. The second-order valence-electron chi connectivity index (χ2n) is 5.00. The quantitative estimate of drug-likeness (QED) is 0.837. The maximum atomic E-state index is 11.8. The molecule has 2 atom stereocenters. The van der Waals surface area contributed by atoms with Gasteiger partial charge in [-0.1, -0.05) is 0 Å². The van der Waals surface area contributed by atoms with Crippen LogP contribution in [0.15, 0.2) is 11.4 Å². The van der Waals surface area contributed by atoms with Crippen molar-refractivity contribution in [3.63, 3.8) is 0 Å². The Kier molecular flexibility index (Phi) is 4.78. The van der Waals surface area contributed by atoms with Crippen molar-refractivity contribution in [1.29, 1.82) is 0 Å². The van der Waals surface area contributed by atoms with Gasteiger partial charge in [0.05, 0.1) is 24.6 Å². The SMILES string of the molecule is CCOC(=O)[C@H]1CCC[NH+](Cc2sccc2C)C1. The molecule has 1 fully saturated rings. The van der Waals surface area contributed by atoms with Crippen molar-refractivity contribution in [3.8, 4) is 0 Å². The molecular formula is C14H22NO2S+. The summed E-state index contributed by atoms with van der Waals surface area (Å²) in [5.41, 5.74) is 1.38. The van der Waals surface area contributed by atoms with E-state index in [9.17, 15) is 4.79 Å². The molecule has 100 valence electrons. The molecule has 1 aliphatic rings. The van der Waals surface area contributed by atoms with Crippen LogP contribution in [0.1, 0.15) is 30.2 Å². The van der Waals surface area contributed by atoms with Gasteiger partial charge in [-0.2, -0.15) is 0 Å². The molecule has 0 radical (unpaired) electrons. The van der Waals surface area contributed by atoms with Crippen molar-refractivity contribution in [2.45, 2.75) is 33.2 Å². The molecule has 1 aliphatic heterocycles. The predicted molar refractivity (Wildman–Crippen MR) is 72.8 cm³/mol. The van der Waals surface area contributed by atoms with Crippen LogP contribution in [0, 0.1) is 12.8 Å². The molecule has 18 heavy (non-hydrogen) atoms. The van der Waals surface area contributed by atoms with Gasteiger partial charge in [0.15, 0.2) is 0 Å². The molecule has 0 bridgehead atoms. The molecule has 1 aromatic rings. The fourth-order valence-electron chi connectivity index (χ4n) is 2.59. The maximum Gasteiger partial charge on any atom is 0.314 e. The Labute approximate surface area is 113 Å². The molecule has 2 rings (SSSR count). The number of rotatable bonds is 4. The number of carbonyl (C=O) groups excluding carboxylic acids is 1. The highest BCUT2D eigenvalue weighted by atomic mass is 32.1. The lowest BCUT2D eigenvalue weighted by atomic mass is 9.98. The summed E-state index contributed by atoms with van der Waals surface area (Å²) in [6.07, 6.45) is 2.12. The van der Waals surface area contributed by atoms with Crippen LogP contribution in [0.25, 0.3) is 0 Å². The molecule has 0 aromatic carbocycles. The van der Waals surface area contributed by atoms with Crippen molar-refractivity contribution in [2.24, 2.45) is 5.92 Å². The maximum absolute atomic E-state index is 11.8. The number of quaternary nitrogens is 1. The molecule has 4 heteroatoms. The number of esters is 1. The number of nitrogens with one attached hydrogen (secondary N) is 1. The van der Waals surface area contributed by atoms with Gasteiger partial charge in [-0.25, -0.2) is 0 Å². The van der Waals surface area contributed by atoms with E-state index in [1.54, 1.807) is 0 Å². The van der Waals surface area contributed by atoms with Crippen molar-refractivity contribution in [1.82, 2.24) is 0 Å². The lowest BCUT2D eigenvalue weighted by Crippen LogP contribution is -3.12. The van der Waals surface area contributed by atoms with Crippen LogP contribution in [0.5, 0.6) is 0 Å². The number of aryl methyl sites for hydroxylation is 1. The average molecular weight is 268 g/mol. The van der Waals surface area contributed by atoms with Gasteiger partial charge in [0, 0.05) is 0 Å².